The van der Waals surface area contributed by atoms with Gasteiger partial charge in [-0.25, -0.2) is 0 Å². The summed E-state index contributed by atoms with van der Waals surface area (Å²) in [4.78, 5) is 0. The van der Waals surface area contributed by atoms with Crippen LogP contribution in [0, 0.1) is 0 Å². The Hall–Kier alpha value is -1.26. The van der Waals surface area contributed by atoms with Crippen molar-refractivity contribution in [3.63, 3.8) is 0 Å². The van der Waals surface area contributed by atoms with E-state index in [1.165, 1.54) is 12.1 Å². The van der Waals surface area contributed by atoms with Crippen LogP contribution in [0.5, 0.6) is 11.5 Å². The highest BCUT2D eigenvalue weighted by Crippen LogP contribution is 2.17. The number of phenols is 1. The minimum Gasteiger partial charge on any atom is -0.508 e. The van der Waals surface area contributed by atoms with Gasteiger partial charge in [0.15, 0.2) is 6.23 Å². The molecule has 0 fully saturated rings. The van der Waals surface area contributed by atoms with Crippen LogP contribution >= 0.6 is 0 Å². The number of aliphatic hydroxyl groups excluding tert-OH is 1. The predicted molar refractivity (Wildman–Crippen MR) is 43.8 cm³/mol. The summed E-state index contributed by atoms with van der Waals surface area (Å²) in [7, 11) is 0. The van der Waals surface area contributed by atoms with Crippen molar-refractivity contribution < 1.29 is 14.9 Å². The number of hydrogen-bond acceptors (Lipinski definition) is 4. The van der Waals surface area contributed by atoms with Crippen LogP contribution in [-0.4, -0.2) is 23.0 Å². The number of nitrogens with two attached hydrogens (primary N) is 1. The lowest BCUT2D eigenvalue weighted by Crippen LogP contribution is -2.30. The maximum atomic E-state index is 9.02. The molecule has 1 rings (SSSR count). The van der Waals surface area contributed by atoms with E-state index < -0.39 is 6.23 Å². The summed E-state index contributed by atoms with van der Waals surface area (Å²) in [6.45, 7) is -0.254. The highest BCUT2D eigenvalue weighted by Gasteiger charge is 2.01. The average Bonchev–Trinajstić information content (AvgIpc) is 2.04. The second-order valence-electron chi connectivity index (χ2n) is 2.34. The molecule has 4 heteroatoms. The summed E-state index contributed by atoms with van der Waals surface area (Å²) in [5.41, 5.74) is 5.30. The van der Waals surface area contributed by atoms with E-state index in [0.29, 0.717) is 5.75 Å². The van der Waals surface area contributed by atoms with Crippen molar-refractivity contribution >= 4 is 0 Å². The number of rotatable bonds is 3. The fraction of sp³-hybridized carbons (Fsp3) is 0.250. The molecule has 0 aromatic heterocycles. The zero-order chi connectivity index (χ0) is 8.97. The Kier molecular flexibility index (Phi) is 2.90. The van der Waals surface area contributed by atoms with E-state index in [9.17, 15) is 0 Å². The molecule has 0 saturated carbocycles. The smallest absolute Gasteiger partial charge is 0.170 e. The third-order valence-corrected chi connectivity index (χ3v) is 1.29. The summed E-state index contributed by atoms with van der Waals surface area (Å²) in [6, 6.07) is 6.23. The highest BCUT2D eigenvalue weighted by atomic mass is 16.5. The van der Waals surface area contributed by atoms with Crippen LogP contribution in [0.1, 0.15) is 0 Å². The molecule has 1 unspecified atom stereocenters. The van der Waals surface area contributed by atoms with E-state index in [2.05, 4.69) is 0 Å². The average molecular weight is 169 g/mol. The van der Waals surface area contributed by atoms with Gasteiger partial charge in [-0.3, -0.25) is 5.73 Å². The van der Waals surface area contributed by atoms with Crippen molar-refractivity contribution in [2.75, 3.05) is 6.61 Å². The van der Waals surface area contributed by atoms with Gasteiger partial charge in [-0.05, 0) is 12.1 Å². The first kappa shape index (κ1) is 8.83. The fourth-order valence-electron chi connectivity index (χ4n) is 0.769. The number of benzene rings is 1. The molecule has 0 heterocycles. The van der Waals surface area contributed by atoms with E-state index in [0.717, 1.165) is 0 Å². The number of phenolic OH excluding ortho intramolecular Hbond substituents is 1. The zero-order valence-electron chi connectivity index (χ0n) is 6.47. The van der Waals surface area contributed by atoms with Gasteiger partial charge in [-0.1, -0.05) is 6.07 Å². The van der Waals surface area contributed by atoms with Gasteiger partial charge in [0.25, 0.3) is 0 Å². The van der Waals surface area contributed by atoms with E-state index in [-0.39, 0.29) is 12.4 Å². The van der Waals surface area contributed by atoms with Gasteiger partial charge in [-0.15, -0.1) is 0 Å². The number of aliphatic hydroxyl groups is 1. The van der Waals surface area contributed by atoms with Crippen LogP contribution in [0.4, 0.5) is 0 Å². The molecule has 0 aliphatic heterocycles. The Balaban J connectivity index is 2.63. The third kappa shape index (κ3) is 2.41. The molecule has 1 aromatic carbocycles. The maximum absolute atomic E-state index is 9.02. The summed E-state index contributed by atoms with van der Waals surface area (Å²) in [5.74, 6) is 0.550. The van der Waals surface area contributed by atoms with E-state index in [1.807, 2.05) is 0 Å². The standard InChI is InChI=1S/C8H11NO3/c9-8(5-10)12-7-3-1-2-6(11)4-7/h1-4,8,10-11H,5,9H2. The van der Waals surface area contributed by atoms with E-state index in [4.69, 9.17) is 20.7 Å². The molecule has 0 aliphatic rings. The molecule has 0 radical (unpaired) electrons. The fourth-order valence-corrected chi connectivity index (χ4v) is 0.769. The highest BCUT2D eigenvalue weighted by molar-refractivity contribution is 5.31. The molecular formula is C8H11NO3. The number of hydrogen-bond donors (Lipinski definition) is 3. The lowest BCUT2D eigenvalue weighted by Gasteiger charge is -2.11. The van der Waals surface area contributed by atoms with Crippen LogP contribution in [0.2, 0.25) is 0 Å². The molecule has 1 atom stereocenters. The summed E-state index contributed by atoms with van der Waals surface area (Å²) < 4.78 is 5.01. The topological polar surface area (TPSA) is 75.7 Å². The Bertz CT molecular complexity index is 252. The third-order valence-electron chi connectivity index (χ3n) is 1.29. The monoisotopic (exact) mass is 169 g/mol. The Labute approximate surface area is 70.2 Å². The molecule has 1 aromatic rings. The minimum absolute atomic E-state index is 0.109. The Morgan fingerprint density at radius 3 is 2.83 bits per heavy atom. The molecule has 0 saturated heterocycles. The van der Waals surface area contributed by atoms with Gasteiger partial charge in [0.1, 0.15) is 11.5 Å². The van der Waals surface area contributed by atoms with Gasteiger partial charge < -0.3 is 14.9 Å². The molecule has 0 bridgehead atoms. The van der Waals surface area contributed by atoms with Crippen LogP contribution < -0.4 is 10.5 Å². The van der Waals surface area contributed by atoms with Crippen LogP contribution in [0.25, 0.3) is 0 Å². The number of aromatic hydroxyl groups is 1. The molecule has 0 spiro atoms. The molecule has 0 aliphatic carbocycles. The molecule has 4 N–H and O–H groups in total. The minimum atomic E-state index is -0.744. The summed E-state index contributed by atoms with van der Waals surface area (Å²) in [6.07, 6.45) is -0.744. The van der Waals surface area contributed by atoms with Crippen LogP contribution in [0.15, 0.2) is 24.3 Å². The Morgan fingerprint density at radius 1 is 1.50 bits per heavy atom. The second kappa shape index (κ2) is 3.94. The quantitative estimate of drug-likeness (QED) is 0.559. The molecule has 12 heavy (non-hydrogen) atoms. The first-order valence-electron chi connectivity index (χ1n) is 3.54. The molecule has 66 valence electrons. The van der Waals surface area contributed by atoms with Crippen LogP contribution in [0.3, 0.4) is 0 Å². The first-order chi connectivity index (χ1) is 5.72. The van der Waals surface area contributed by atoms with E-state index in [1.54, 1.807) is 12.1 Å². The maximum Gasteiger partial charge on any atom is 0.170 e. The lowest BCUT2D eigenvalue weighted by atomic mass is 10.3. The second-order valence-corrected chi connectivity index (χ2v) is 2.34. The summed E-state index contributed by atoms with van der Waals surface area (Å²) in [5, 5.41) is 17.6. The van der Waals surface area contributed by atoms with Crippen LogP contribution in [-0.2, 0) is 0 Å². The van der Waals surface area contributed by atoms with Crippen molar-refractivity contribution in [3.8, 4) is 11.5 Å². The zero-order valence-corrected chi connectivity index (χ0v) is 6.47. The lowest BCUT2D eigenvalue weighted by molar-refractivity contribution is 0.120. The van der Waals surface area contributed by atoms with Gasteiger partial charge in [-0.2, -0.15) is 0 Å². The first-order valence-corrected chi connectivity index (χ1v) is 3.54. The van der Waals surface area contributed by atoms with Gasteiger partial charge in [0, 0.05) is 6.07 Å². The normalized spacial score (nSPS) is 12.5. The van der Waals surface area contributed by atoms with Crippen molar-refractivity contribution in [3.05, 3.63) is 24.3 Å². The van der Waals surface area contributed by atoms with Gasteiger partial charge >= 0.3 is 0 Å². The SMILES string of the molecule is NC(CO)Oc1cccc(O)c1. The van der Waals surface area contributed by atoms with Crippen molar-refractivity contribution in [2.24, 2.45) is 5.73 Å². The molecular weight excluding hydrogens is 158 g/mol. The van der Waals surface area contributed by atoms with Crippen molar-refractivity contribution in [1.29, 1.82) is 0 Å². The predicted octanol–water partition coefficient (Wildman–Crippen LogP) is 0.0481. The van der Waals surface area contributed by atoms with E-state index >= 15 is 0 Å². The molecule has 4 nitrogen and oxygen atoms in total. The van der Waals surface area contributed by atoms with Gasteiger partial charge in [0.05, 0.1) is 6.61 Å². The van der Waals surface area contributed by atoms with Crippen molar-refractivity contribution in [2.45, 2.75) is 6.23 Å². The number of ether oxygens (including phenoxy) is 1. The van der Waals surface area contributed by atoms with Crippen molar-refractivity contribution in [1.82, 2.24) is 0 Å². The Morgan fingerprint density at radius 2 is 2.25 bits per heavy atom. The molecule has 0 amide bonds. The summed E-state index contributed by atoms with van der Waals surface area (Å²) >= 11 is 0. The largest absolute Gasteiger partial charge is 0.508 e. The van der Waals surface area contributed by atoms with Gasteiger partial charge in [0.2, 0.25) is 0 Å².